The Labute approximate surface area is 118 Å². The van der Waals surface area contributed by atoms with Crippen LogP contribution in [0, 0.1) is 0 Å². The number of nitrogens with one attached hydrogen (secondary N) is 1. The second kappa shape index (κ2) is 6.51. The van der Waals surface area contributed by atoms with Gasteiger partial charge in [-0.2, -0.15) is 0 Å². The SMILES string of the molecule is NC(=O)N[C@H]1[C@H]([C@H](O)[C@H](O)CO)O[C@](O)(C(=O)O)C[C@@H]1O. The summed E-state index contributed by atoms with van der Waals surface area (Å²) < 4.78 is 4.81. The molecule has 0 aromatic carbocycles. The van der Waals surface area contributed by atoms with E-state index in [9.17, 15) is 30.0 Å². The molecule has 1 heterocycles. The molecule has 11 heteroatoms. The van der Waals surface area contributed by atoms with Gasteiger partial charge in [0.25, 0.3) is 5.79 Å². The Bertz CT molecular complexity index is 406. The fraction of sp³-hybridized carbons (Fsp3) is 0.800. The number of hydrogen-bond acceptors (Lipinski definition) is 8. The number of amides is 2. The van der Waals surface area contributed by atoms with Crippen LogP contribution >= 0.6 is 0 Å². The average Bonchev–Trinajstić information content (AvgIpc) is 2.39. The van der Waals surface area contributed by atoms with Crippen molar-refractivity contribution >= 4 is 12.0 Å². The van der Waals surface area contributed by atoms with E-state index in [4.69, 9.17) is 20.7 Å². The lowest BCUT2D eigenvalue weighted by molar-refractivity contribution is -0.294. The van der Waals surface area contributed by atoms with Gasteiger partial charge >= 0.3 is 12.0 Å². The fourth-order valence-corrected chi connectivity index (χ4v) is 2.07. The zero-order valence-electron chi connectivity index (χ0n) is 10.8. The molecule has 0 aromatic rings. The van der Waals surface area contributed by atoms with E-state index in [1.165, 1.54) is 0 Å². The highest BCUT2D eigenvalue weighted by atomic mass is 16.7. The summed E-state index contributed by atoms with van der Waals surface area (Å²) in [6.07, 6.45) is -7.79. The maximum Gasteiger partial charge on any atom is 0.364 e. The predicted octanol–water partition coefficient (Wildman–Crippen LogP) is -4.34. The first-order chi connectivity index (χ1) is 9.62. The van der Waals surface area contributed by atoms with E-state index in [0.717, 1.165) is 0 Å². The molecule has 0 saturated carbocycles. The van der Waals surface area contributed by atoms with E-state index >= 15 is 0 Å². The molecular formula is C10H18N2O9. The highest BCUT2D eigenvalue weighted by molar-refractivity contribution is 5.76. The van der Waals surface area contributed by atoms with E-state index in [-0.39, 0.29) is 0 Å². The zero-order valence-corrected chi connectivity index (χ0v) is 10.8. The van der Waals surface area contributed by atoms with Crippen LogP contribution in [-0.4, -0.2) is 85.5 Å². The van der Waals surface area contributed by atoms with Crippen LogP contribution < -0.4 is 11.1 Å². The molecule has 0 bridgehead atoms. The summed E-state index contributed by atoms with van der Waals surface area (Å²) in [5.74, 6) is -4.65. The maximum absolute atomic E-state index is 11.0. The standard InChI is InChI=1S/C10H18N2O9/c11-9(19)12-5-3(14)1-10(20,8(17)18)21-7(5)6(16)4(15)2-13/h3-7,13-16,20H,1-2H2,(H,17,18)(H3,11,12,19)/t3-,4+,5+,6+,7+,10-/m0/s1. The second-order valence-electron chi connectivity index (χ2n) is 4.72. The number of rotatable bonds is 5. The lowest BCUT2D eigenvalue weighted by Gasteiger charge is -2.44. The van der Waals surface area contributed by atoms with E-state index in [1.807, 2.05) is 5.32 Å². The van der Waals surface area contributed by atoms with Crippen LogP contribution in [0.2, 0.25) is 0 Å². The minimum atomic E-state index is -2.82. The number of primary amides is 1. The van der Waals surface area contributed by atoms with Crippen molar-refractivity contribution in [2.45, 2.75) is 42.7 Å². The number of ether oxygens (including phenoxy) is 1. The predicted molar refractivity (Wildman–Crippen MR) is 63.7 cm³/mol. The minimum Gasteiger partial charge on any atom is -0.477 e. The van der Waals surface area contributed by atoms with Crippen molar-refractivity contribution < 1.29 is 45.0 Å². The van der Waals surface area contributed by atoms with Crippen molar-refractivity contribution in [2.24, 2.45) is 5.73 Å². The zero-order chi connectivity index (χ0) is 16.4. The summed E-state index contributed by atoms with van der Waals surface area (Å²) in [6.45, 7) is -0.897. The molecule has 0 radical (unpaired) electrons. The Hall–Kier alpha value is -1.50. The van der Waals surface area contributed by atoms with Crippen LogP contribution in [-0.2, 0) is 9.53 Å². The van der Waals surface area contributed by atoms with Gasteiger partial charge in [0.2, 0.25) is 0 Å². The molecule has 9 N–H and O–H groups in total. The van der Waals surface area contributed by atoms with Gasteiger partial charge in [-0.15, -0.1) is 0 Å². The van der Waals surface area contributed by atoms with Crippen molar-refractivity contribution in [3.63, 3.8) is 0 Å². The summed E-state index contributed by atoms with van der Waals surface area (Å²) in [7, 11) is 0. The van der Waals surface area contributed by atoms with Crippen molar-refractivity contribution in [3.8, 4) is 0 Å². The Kier molecular flexibility index (Phi) is 5.44. The van der Waals surface area contributed by atoms with Gasteiger partial charge in [-0.1, -0.05) is 0 Å². The number of carbonyl (C=O) groups is 2. The molecule has 1 aliphatic rings. The molecule has 1 fully saturated rings. The van der Waals surface area contributed by atoms with Crippen molar-refractivity contribution in [2.75, 3.05) is 6.61 Å². The number of carboxylic acid groups (broad SMARTS) is 1. The molecule has 0 aromatic heterocycles. The summed E-state index contributed by atoms with van der Waals surface area (Å²) in [5, 5.41) is 58.5. The lowest BCUT2D eigenvalue weighted by Crippen LogP contribution is -2.67. The number of carboxylic acids is 1. The monoisotopic (exact) mass is 310 g/mol. The third-order valence-electron chi connectivity index (χ3n) is 3.15. The molecule has 21 heavy (non-hydrogen) atoms. The summed E-state index contributed by atoms with van der Waals surface area (Å²) in [5.41, 5.74) is 4.89. The van der Waals surface area contributed by atoms with Gasteiger partial charge < -0.3 is 46.4 Å². The molecule has 1 rings (SSSR count). The molecule has 0 spiro atoms. The quantitative estimate of drug-likeness (QED) is 0.247. The van der Waals surface area contributed by atoms with Crippen LogP contribution in [0.1, 0.15) is 6.42 Å². The Morgan fingerprint density at radius 2 is 2.00 bits per heavy atom. The van der Waals surface area contributed by atoms with Gasteiger partial charge in [0.05, 0.1) is 18.8 Å². The van der Waals surface area contributed by atoms with Gasteiger partial charge in [0.1, 0.15) is 18.3 Å². The smallest absolute Gasteiger partial charge is 0.364 e. The molecule has 0 aliphatic carbocycles. The first-order valence-corrected chi connectivity index (χ1v) is 5.97. The molecule has 1 saturated heterocycles. The summed E-state index contributed by atoms with van der Waals surface area (Å²) >= 11 is 0. The third-order valence-corrected chi connectivity index (χ3v) is 3.15. The first kappa shape index (κ1) is 17.6. The van der Waals surface area contributed by atoms with Crippen molar-refractivity contribution in [3.05, 3.63) is 0 Å². The summed E-state index contributed by atoms with van der Waals surface area (Å²) in [6, 6.07) is -2.49. The minimum absolute atomic E-state index is 0.800. The molecule has 6 atom stereocenters. The van der Waals surface area contributed by atoms with Crippen LogP contribution in [0.4, 0.5) is 4.79 Å². The van der Waals surface area contributed by atoms with Crippen molar-refractivity contribution in [1.29, 1.82) is 0 Å². The van der Waals surface area contributed by atoms with E-state index < -0.39 is 61.3 Å². The Morgan fingerprint density at radius 1 is 1.43 bits per heavy atom. The van der Waals surface area contributed by atoms with E-state index in [0.29, 0.717) is 0 Å². The van der Waals surface area contributed by atoms with Gasteiger partial charge in [-0.25, -0.2) is 9.59 Å². The topological polar surface area (TPSA) is 203 Å². The number of aliphatic hydroxyl groups is 5. The van der Waals surface area contributed by atoms with Crippen LogP contribution in [0.3, 0.4) is 0 Å². The second-order valence-corrected chi connectivity index (χ2v) is 4.72. The van der Waals surface area contributed by atoms with Crippen LogP contribution in [0.5, 0.6) is 0 Å². The fourth-order valence-electron chi connectivity index (χ4n) is 2.07. The Morgan fingerprint density at radius 3 is 2.43 bits per heavy atom. The largest absolute Gasteiger partial charge is 0.477 e. The molecule has 2 amide bonds. The number of aliphatic hydroxyl groups excluding tert-OH is 4. The van der Waals surface area contributed by atoms with Crippen LogP contribution in [0.25, 0.3) is 0 Å². The normalized spacial score (nSPS) is 35.8. The highest BCUT2D eigenvalue weighted by Gasteiger charge is 2.53. The molecule has 122 valence electrons. The van der Waals surface area contributed by atoms with Gasteiger partial charge in [0, 0.05) is 6.42 Å². The van der Waals surface area contributed by atoms with Crippen molar-refractivity contribution in [1.82, 2.24) is 5.32 Å². The number of urea groups is 1. The number of carbonyl (C=O) groups excluding carboxylic acids is 1. The maximum atomic E-state index is 11.0. The lowest BCUT2D eigenvalue weighted by atomic mass is 9.89. The van der Waals surface area contributed by atoms with Crippen LogP contribution in [0.15, 0.2) is 0 Å². The van der Waals surface area contributed by atoms with E-state index in [1.54, 1.807) is 0 Å². The molecule has 1 aliphatic heterocycles. The van der Waals surface area contributed by atoms with Gasteiger partial charge in [0.15, 0.2) is 0 Å². The highest BCUT2D eigenvalue weighted by Crippen LogP contribution is 2.30. The van der Waals surface area contributed by atoms with E-state index in [2.05, 4.69) is 0 Å². The Balaban J connectivity index is 3.07. The molecule has 0 unspecified atom stereocenters. The third kappa shape index (κ3) is 3.78. The number of nitrogens with two attached hydrogens (primary N) is 1. The average molecular weight is 310 g/mol. The molecule has 11 nitrogen and oxygen atoms in total. The molecular weight excluding hydrogens is 292 g/mol. The van der Waals surface area contributed by atoms with Gasteiger partial charge in [-0.3, -0.25) is 0 Å². The number of aliphatic carboxylic acids is 1. The summed E-state index contributed by atoms with van der Waals surface area (Å²) in [4.78, 5) is 21.9. The number of hydrogen-bond donors (Lipinski definition) is 8. The van der Waals surface area contributed by atoms with Gasteiger partial charge in [-0.05, 0) is 0 Å². The first-order valence-electron chi connectivity index (χ1n) is 5.97.